The third-order valence-corrected chi connectivity index (χ3v) is 3.22. The van der Waals surface area contributed by atoms with E-state index in [4.69, 9.17) is 9.47 Å². The zero-order valence-corrected chi connectivity index (χ0v) is 13.0. The van der Waals surface area contributed by atoms with Gasteiger partial charge in [-0.05, 0) is 23.2 Å². The van der Waals surface area contributed by atoms with Crippen molar-refractivity contribution in [1.29, 1.82) is 0 Å². The van der Waals surface area contributed by atoms with Crippen LogP contribution in [0.5, 0.6) is 0 Å². The second-order valence-electron chi connectivity index (χ2n) is 4.60. The normalized spacial score (nSPS) is 23.4. The lowest BCUT2D eigenvalue weighted by Crippen LogP contribution is -2.37. The average molecular weight is 317 g/mol. The molecular weight excluding hydrogens is 296 g/mol. The SMILES string of the molecule is C=C(Br)CC[C@H]1N=C(OC)[C@H](C(C)C)N=C1OC. The Kier molecular flexibility index (Phi) is 5.85. The Morgan fingerprint density at radius 1 is 1.28 bits per heavy atom. The Bertz CT molecular complexity index is 364. The molecule has 102 valence electrons. The van der Waals surface area contributed by atoms with Crippen molar-refractivity contribution in [1.82, 2.24) is 0 Å². The van der Waals surface area contributed by atoms with E-state index in [2.05, 4.69) is 46.3 Å². The van der Waals surface area contributed by atoms with Gasteiger partial charge in [-0.1, -0.05) is 36.4 Å². The lowest BCUT2D eigenvalue weighted by Gasteiger charge is -2.27. The zero-order valence-electron chi connectivity index (χ0n) is 11.4. The van der Waals surface area contributed by atoms with Crippen molar-refractivity contribution in [2.45, 2.75) is 38.8 Å². The molecule has 1 aliphatic heterocycles. The third-order valence-electron chi connectivity index (χ3n) is 2.83. The molecular formula is C13H21BrN2O2. The second kappa shape index (κ2) is 6.92. The summed E-state index contributed by atoms with van der Waals surface area (Å²) in [5, 5.41) is 0. The number of ether oxygens (including phenoxy) is 2. The highest BCUT2D eigenvalue weighted by Gasteiger charge is 2.30. The standard InChI is InChI=1S/C13H21BrN2O2/c1-8(2)11-13(18-5)15-10(7-6-9(3)14)12(16-11)17-4/h8,10-11H,3,6-7H2,1-2,4-5H3/t10-,11+/m1/s1. The van der Waals surface area contributed by atoms with Crippen molar-refractivity contribution in [3.05, 3.63) is 11.1 Å². The minimum Gasteiger partial charge on any atom is -0.483 e. The predicted octanol–water partition coefficient (Wildman–Crippen LogP) is 3.17. The molecule has 0 radical (unpaired) electrons. The first-order valence-electron chi connectivity index (χ1n) is 6.06. The number of allylic oxidation sites excluding steroid dienone is 1. The van der Waals surface area contributed by atoms with E-state index in [0.29, 0.717) is 17.7 Å². The summed E-state index contributed by atoms with van der Waals surface area (Å²) in [6.45, 7) is 8.02. The number of nitrogens with zero attached hydrogens (tertiary/aromatic N) is 2. The highest BCUT2D eigenvalue weighted by atomic mass is 79.9. The molecule has 0 fully saturated rings. The van der Waals surface area contributed by atoms with Gasteiger partial charge in [-0.15, -0.1) is 0 Å². The first-order chi connectivity index (χ1) is 8.49. The van der Waals surface area contributed by atoms with Crippen LogP contribution in [-0.4, -0.2) is 38.1 Å². The number of aliphatic imine (C=N–C) groups is 2. The van der Waals surface area contributed by atoms with Crippen molar-refractivity contribution < 1.29 is 9.47 Å². The monoisotopic (exact) mass is 316 g/mol. The van der Waals surface area contributed by atoms with Crippen LogP contribution in [0, 0.1) is 5.92 Å². The maximum Gasteiger partial charge on any atom is 0.209 e. The summed E-state index contributed by atoms with van der Waals surface area (Å²) in [6.07, 6.45) is 1.65. The van der Waals surface area contributed by atoms with Crippen LogP contribution in [0.3, 0.4) is 0 Å². The fraction of sp³-hybridized carbons (Fsp3) is 0.692. The molecule has 5 heteroatoms. The lowest BCUT2D eigenvalue weighted by molar-refractivity contribution is 0.331. The summed E-state index contributed by atoms with van der Waals surface area (Å²) >= 11 is 3.36. The molecule has 1 aliphatic rings. The van der Waals surface area contributed by atoms with E-state index < -0.39 is 0 Å². The van der Waals surface area contributed by atoms with E-state index in [1.54, 1.807) is 14.2 Å². The maximum absolute atomic E-state index is 5.35. The van der Waals surface area contributed by atoms with Crippen LogP contribution in [0.15, 0.2) is 21.0 Å². The molecule has 0 saturated heterocycles. The Morgan fingerprint density at radius 3 is 2.33 bits per heavy atom. The first kappa shape index (κ1) is 15.2. The molecule has 0 saturated carbocycles. The Labute approximate surface area is 117 Å². The van der Waals surface area contributed by atoms with Gasteiger partial charge in [0.15, 0.2) is 0 Å². The smallest absolute Gasteiger partial charge is 0.209 e. The van der Waals surface area contributed by atoms with Crippen LogP contribution in [0.25, 0.3) is 0 Å². The van der Waals surface area contributed by atoms with Crippen LogP contribution >= 0.6 is 15.9 Å². The molecule has 0 N–H and O–H groups in total. The maximum atomic E-state index is 5.35. The number of rotatable bonds is 4. The van der Waals surface area contributed by atoms with Gasteiger partial charge < -0.3 is 9.47 Å². The van der Waals surface area contributed by atoms with Crippen LogP contribution in [-0.2, 0) is 9.47 Å². The number of hydrogen-bond acceptors (Lipinski definition) is 4. The fourth-order valence-electron chi connectivity index (χ4n) is 1.84. The fourth-order valence-corrected chi connectivity index (χ4v) is 2.07. The Balaban J connectivity index is 2.87. The van der Waals surface area contributed by atoms with Crippen LogP contribution in [0.2, 0.25) is 0 Å². The van der Waals surface area contributed by atoms with E-state index in [1.807, 2.05) is 0 Å². The van der Waals surface area contributed by atoms with E-state index in [9.17, 15) is 0 Å². The van der Waals surface area contributed by atoms with Gasteiger partial charge in [-0.25, -0.2) is 9.98 Å². The molecule has 0 aliphatic carbocycles. The number of halogens is 1. The molecule has 18 heavy (non-hydrogen) atoms. The molecule has 0 amide bonds. The van der Waals surface area contributed by atoms with Gasteiger partial charge in [0.2, 0.25) is 11.8 Å². The van der Waals surface area contributed by atoms with Crippen LogP contribution in [0.4, 0.5) is 0 Å². The number of methoxy groups -OCH3 is 2. The van der Waals surface area contributed by atoms with Gasteiger partial charge >= 0.3 is 0 Å². The molecule has 0 aromatic heterocycles. The van der Waals surface area contributed by atoms with Crippen LogP contribution in [0.1, 0.15) is 26.7 Å². The molecule has 0 bridgehead atoms. The summed E-state index contributed by atoms with van der Waals surface area (Å²) < 4.78 is 11.7. The van der Waals surface area contributed by atoms with E-state index in [-0.39, 0.29) is 12.1 Å². The van der Waals surface area contributed by atoms with Crippen molar-refractivity contribution >= 4 is 27.7 Å². The average Bonchev–Trinajstić information content (AvgIpc) is 2.34. The van der Waals surface area contributed by atoms with E-state index in [1.165, 1.54) is 0 Å². The van der Waals surface area contributed by atoms with Gasteiger partial charge in [0.25, 0.3) is 0 Å². The highest BCUT2D eigenvalue weighted by molar-refractivity contribution is 9.11. The molecule has 1 heterocycles. The number of hydrogen-bond donors (Lipinski definition) is 0. The predicted molar refractivity (Wildman–Crippen MR) is 78.6 cm³/mol. The topological polar surface area (TPSA) is 43.2 Å². The Hall–Kier alpha value is -0.840. The third kappa shape index (κ3) is 3.83. The van der Waals surface area contributed by atoms with E-state index >= 15 is 0 Å². The molecule has 4 nitrogen and oxygen atoms in total. The first-order valence-corrected chi connectivity index (χ1v) is 6.85. The summed E-state index contributed by atoms with van der Waals surface area (Å²) in [5.74, 6) is 1.71. The Morgan fingerprint density at radius 2 is 1.89 bits per heavy atom. The molecule has 0 aromatic carbocycles. The van der Waals surface area contributed by atoms with Crippen LogP contribution < -0.4 is 0 Å². The van der Waals surface area contributed by atoms with Crippen molar-refractivity contribution in [3.8, 4) is 0 Å². The minimum absolute atomic E-state index is 0.0478. The highest BCUT2D eigenvalue weighted by Crippen LogP contribution is 2.21. The quantitative estimate of drug-likeness (QED) is 0.799. The minimum atomic E-state index is -0.0748. The largest absolute Gasteiger partial charge is 0.483 e. The summed E-state index contributed by atoms with van der Waals surface area (Å²) in [6, 6.07) is -0.123. The summed E-state index contributed by atoms with van der Waals surface area (Å²) in [7, 11) is 3.28. The van der Waals surface area contributed by atoms with Crippen molar-refractivity contribution in [3.63, 3.8) is 0 Å². The molecule has 0 unspecified atom stereocenters. The summed E-state index contributed by atoms with van der Waals surface area (Å²) in [4.78, 5) is 9.21. The van der Waals surface area contributed by atoms with Gasteiger partial charge in [-0.2, -0.15) is 0 Å². The lowest BCUT2D eigenvalue weighted by atomic mass is 10.0. The van der Waals surface area contributed by atoms with Gasteiger partial charge in [0, 0.05) is 0 Å². The molecule has 0 aromatic rings. The zero-order chi connectivity index (χ0) is 13.7. The molecule has 0 spiro atoms. The van der Waals surface area contributed by atoms with Crippen molar-refractivity contribution in [2.75, 3.05) is 14.2 Å². The van der Waals surface area contributed by atoms with Gasteiger partial charge in [0.05, 0.1) is 14.2 Å². The van der Waals surface area contributed by atoms with E-state index in [0.717, 1.165) is 17.3 Å². The summed E-state index contributed by atoms with van der Waals surface area (Å²) in [5.41, 5.74) is 0. The van der Waals surface area contributed by atoms with Gasteiger partial charge in [-0.3, -0.25) is 0 Å². The molecule has 1 rings (SSSR count). The van der Waals surface area contributed by atoms with Crippen molar-refractivity contribution in [2.24, 2.45) is 15.9 Å². The van der Waals surface area contributed by atoms with Gasteiger partial charge in [0.1, 0.15) is 12.1 Å². The molecule has 2 atom stereocenters. The second-order valence-corrected chi connectivity index (χ2v) is 5.72.